The summed E-state index contributed by atoms with van der Waals surface area (Å²) in [6.45, 7) is 0.955. The first-order valence-electron chi connectivity index (χ1n) is 9.17. The van der Waals surface area contributed by atoms with Gasteiger partial charge in [0.15, 0.2) is 0 Å². The number of nitrogens with one attached hydrogen (secondary N) is 1. The molecule has 0 atom stereocenters. The number of halogens is 1. The number of carbonyl (C=O) groups is 1. The Labute approximate surface area is 164 Å². The van der Waals surface area contributed by atoms with Crippen molar-refractivity contribution in [3.8, 4) is 5.75 Å². The summed E-state index contributed by atoms with van der Waals surface area (Å²) in [6.07, 6.45) is 3.68. The van der Waals surface area contributed by atoms with Crippen molar-refractivity contribution in [1.82, 2.24) is 4.31 Å². The van der Waals surface area contributed by atoms with Gasteiger partial charge in [-0.1, -0.05) is 12.8 Å². The highest BCUT2D eigenvalue weighted by atomic mass is 32.2. The average Bonchev–Trinajstić information content (AvgIpc) is 2.99. The van der Waals surface area contributed by atoms with Crippen LogP contribution in [0.2, 0.25) is 0 Å². The lowest BCUT2D eigenvalue weighted by atomic mass is 10.2. The van der Waals surface area contributed by atoms with Gasteiger partial charge < -0.3 is 10.1 Å². The first-order chi connectivity index (χ1) is 13.4. The Hall–Kier alpha value is -2.45. The number of hydrogen-bond acceptors (Lipinski definition) is 4. The summed E-state index contributed by atoms with van der Waals surface area (Å²) in [6, 6.07) is 9.57. The molecule has 0 saturated carbocycles. The Bertz CT molecular complexity index is 937. The molecular formula is C20H23FN2O4S. The van der Waals surface area contributed by atoms with Gasteiger partial charge in [0, 0.05) is 18.8 Å². The van der Waals surface area contributed by atoms with Crippen LogP contribution >= 0.6 is 0 Å². The van der Waals surface area contributed by atoms with E-state index in [-0.39, 0.29) is 16.2 Å². The zero-order valence-electron chi connectivity index (χ0n) is 15.7. The molecule has 1 heterocycles. The van der Waals surface area contributed by atoms with Crippen molar-refractivity contribution in [1.29, 1.82) is 0 Å². The fraction of sp³-hybridized carbons (Fsp3) is 0.350. The average molecular weight is 406 g/mol. The van der Waals surface area contributed by atoms with Crippen LogP contribution in [0.1, 0.15) is 36.0 Å². The van der Waals surface area contributed by atoms with Gasteiger partial charge in [-0.3, -0.25) is 4.79 Å². The number of carbonyl (C=O) groups excluding carboxylic acids is 1. The summed E-state index contributed by atoms with van der Waals surface area (Å²) >= 11 is 0. The van der Waals surface area contributed by atoms with Gasteiger partial charge in [0.05, 0.1) is 17.6 Å². The third kappa shape index (κ3) is 4.51. The number of sulfonamides is 1. The van der Waals surface area contributed by atoms with Crippen LogP contribution in [0.3, 0.4) is 0 Å². The Morgan fingerprint density at radius 3 is 2.29 bits per heavy atom. The summed E-state index contributed by atoms with van der Waals surface area (Å²) in [5.41, 5.74) is 0.497. The number of amides is 1. The fourth-order valence-corrected chi connectivity index (χ4v) is 4.73. The van der Waals surface area contributed by atoms with E-state index in [9.17, 15) is 17.6 Å². The largest absolute Gasteiger partial charge is 0.496 e. The van der Waals surface area contributed by atoms with E-state index in [1.807, 2.05) is 0 Å². The number of ether oxygens (including phenoxy) is 1. The monoisotopic (exact) mass is 406 g/mol. The molecule has 0 aromatic heterocycles. The Kier molecular flexibility index (Phi) is 6.31. The van der Waals surface area contributed by atoms with Gasteiger partial charge in [-0.15, -0.1) is 0 Å². The molecule has 1 aliphatic heterocycles. The minimum atomic E-state index is -3.70. The minimum Gasteiger partial charge on any atom is -0.496 e. The van der Waals surface area contributed by atoms with Crippen LogP contribution < -0.4 is 10.1 Å². The quantitative estimate of drug-likeness (QED) is 0.822. The van der Waals surface area contributed by atoms with Crippen LogP contribution in [0.15, 0.2) is 47.4 Å². The molecule has 0 aliphatic carbocycles. The lowest BCUT2D eigenvalue weighted by molar-refractivity contribution is 0.102. The first kappa shape index (κ1) is 20.3. The number of rotatable bonds is 5. The van der Waals surface area contributed by atoms with E-state index < -0.39 is 21.7 Å². The first-order valence-corrected chi connectivity index (χ1v) is 10.6. The number of benzene rings is 2. The molecule has 0 unspecified atom stereocenters. The fourth-order valence-electron chi connectivity index (χ4n) is 3.19. The van der Waals surface area contributed by atoms with Crippen molar-refractivity contribution >= 4 is 21.6 Å². The van der Waals surface area contributed by atoms with Crippen LogP contribution in [-0.2, 0) is 10.0 Å². The number of methoxy groups -OCH3 is 1. The normalized spacial score (nSPS) is 15.6. The lowest BCUT2D eigenvalue weighted by Crippen LogP contribution is -2.32. The molecule has 1 amide bonds. The summed E-state index contributed by atoms with van der Waals surface area (Å²) in [7, 11) is -2.29. The van der Waals surface area contributed by atoms with E-state index in [2.05, 4.69) is 5.32 Å². The molecule has 1 saturated heterocycles. The van der Waals surface area contributed by atoms with E-state index in [4.69, 9.17) is 4.74 Å². The van der Waals surface area contributed by atoms with Gasteiger partial charge in [-0.2, -0.15) is 4.31 Å². The zero-order chi connectivity index (χ0) is 20.1. The zero-order valence-corrected chi connectivity index (χ0v) is 16.5. The molecule has 2 aromatic carbocycles. The molecule has 0 spiro atoms. The summed E-state index contributed by atoms with van der Waals surface area (Å²) < 4.78 is 45.8. The Morgan fingerprint density at radius 1 is 1.04 bits per heavy atom. The van der Waals surface area contributed by atoms with Gasteiger partial charge >= 0.3 is 0 Å². The number of hydrogen-bond donors (Lipinski definition) is 1. The summed E-state index contributed by atoms with van der Waals surface area (Å²) in [5, 5.41) is 2.63. The predicted molar refractivity (Wildman–Crippen MR) is 105 cm³/mol. The summed E-state index contributed by atoms with van der Waals surface area (Å²) in [5.74, 6) is -0.688. The van der Waals surface area contributed by atoms with E-state index in [1.54, 1.807) is 0 Å². The van der Waals surface area contributed by atoms with E-state index in [1.165, 1.54) is 53.9 Å². The highest BCUT2D eigenvalue weighted by molar-refractivity contribution is 7.89. The molecule has 0 bridgehead atoms. The standard InChI is InChI=1S/C20H23FN2O4S/c1-27-19-11-10-17(28(25,26)23-12-4-2-3-5-13-23)14-18(19)20(24)22-16-8-6-15(21)7-9-16/h6-11,14H,2-5,12-13H2,1H3,(H,22,24). The molecule has 28 heavy (non-hydrogen) atoms. The molecule has 1 N–H and O–H groups in total. The van der Waals surface area contributed by atoms with Crippen molar-refractivity contribution < 1.29 is 22.3 Å². The highest BCUT2D eigenvalue weighted by Crippen LogP contribution is 2.27. The van der Waals surface area contributed by atoms with Crippen LogP contribution in [0.25, 0.3) is 0 Å². The van der Waals surface area contributed by atoms with E-state index >= 15 is 0 Å². The van der Waals surface area contributed by atoms with Gasteiger partial charge in [0.25, 0.3) is 5.91 Å². The molecule has 6 nitrogen and oxygen atoms in total. The van der Waals surface area contributed by atoms with Gasteiger partial charge in [0.1, 0.15) is 11.6 Å². The third-order valence-electron chi connectivity index (χ3n) is 4.72. The van der Waals surface area contributed by atoms with Gasteiger partial charge in [0.2, 0.25) is 10.0 Å². The SMILES string of the molecule is COc1ccc(S(=O)(=O)N2CCCCCC2)cc1C(=O)Nc1ccc(F)cc1. The minimum absolute atomic E-state index is 0.0551. The van der Waals surface area contributed by atoms with Crippen LogP contribution in [0.5, 0.6) is 5.75 Å². The second kappa shape index (κ2) is 8.70. The number of nitrogens with zero attached hydrogens (tertiary/aromatic N) is 1. The second-order valence-electron chi connectivity index (χ2n) is 6.64. The molecule has 3 rings (SSSR count). The molecule has 0 radical (unpaired) electrons. The van der Waals surface area contributed by atoms with Gasteiger partial charge in [-0.25, -0.2) is 12.8 Å². The maximum Gasteiger partial charge on any atom is 0.259 e. The number of anilines is 1. The van der Waals surface area contributed by atoms with Crippen molar-refractivity contribution in [3.63, 3.8) is 0 Å². The van der Waals surface area contributed by atoms with Crippen molar-refractivity contribution in [2.75, 3.05) is 25.5 Å². The van der Waals surface area contributed by atoms with Crippen molar-refractivity contribution in [3.05, 3.63) is 53.8 Å². The molecule has 8 heteroatoms. The van der Waals surface area contributed by atoms with Crippen LogP contribution in [0.4, 0.5) is 10.1 Å². The smallest absolute Gasteiger partial charge is 0.259 e. The predicted octanol–water partition coefficient (Wildman–Crippen LogP) is 3.65. The molecule has 150 valence electrons. The van der Waals surface area contributed by atoms with Crippen molar-refractivity contribution in [2.24, 2.45) is 0 Å². The Balaban J connectivity index is 1.90. The lowest BCUT2D eigenvalue weighted by Gasteiger charge is -2.20. The van der Waals surface area contributed by atoms with E-state index in [0.29, 0.717) is 18.8 Å². The maximum atomic E-state index is 13.1. The van der Waals surface area contributed by atoms with Crippen molar-refractivity contribution in [2.45, 2.75) is 30.6 Å². The summed E-state index contributed by atoms with van der Waals surface area (Å²) in [4.78, 5) is 12.8. The second-order valence-corrected chi connectivity index (χ2v) is 8.58. The topological polar surface area (TPSA) is 75.7 Å². The maximum absolute atomic E-state index is 13.1. The molecular weight excluding hydrogens is 383 g/mol. The van der Waals surface area contributed by atoms with E-state index in [0.717, 1.165) is 25.7 Å². The highest BCUT2D eigenvalue weighted by Gasteiger charge is 2.27. The molecule has 1 fully saturated rings. The third-order valence-corrected chi connectivity index (χ3v) is 6.62. The molecule has 2 aromatic rings. The molecule has 1 aliphatic rings. The Morgan fingerprint density at radius 2 is 1.68 bits per heavy atom. The van der Waals surface area contributed by atoms with Gasteiger partial charge in [-0.05, 0) is 55.3 Å². The van der Waals surface area contributed by atoms with Crippen LogP contribution in [-0.4, -0.2) is 38.8 Å². The van der Waals surface area contributed by atoms with Crippen LogP contribution in [0, 0.1) is 5.82 Å².